The number of alkyl halides is 1. The summed E-state index contributed by atoms with van der Waals surface area (Å²) in [6.07, 6.45) is 0.869. The summed E-state index contributed by atoms with van der Waals surface area (Å²) in [5, 5.41) is 2.97. The highest BCUT2D eigenvalue weighted by atomic mass is 79.9. The van der Waals surface area contributed by atoms with Crippen molar-refractivity contribution in [1.29, 1.82) is 0 Å². The molecule has 0 bridgehead atoms. The van der Waals surface area contributed by atoms with Crippen LogP contribution in [0, 0.1) is 11.3 Å². The van der Waals surface area contributed by atoms with Gasteiger partial charge in [0, 0.05) is 16.8 Å². The lowest BCUT2D eigenvalue weighted by Crippen LogP contribution is -2.40. The molecule has 0 aliphatic heterocycles. The topological polar surface area (TPSA) is 29.1 Å². The van der Waals surface area contributed by atoms with Gasteiger partial charge in [0.2, 0.25) is 5.91 Å². The van der Waals surface area contributed by atoms with Crippen LogP contribution in [0.1, 0.15) is 41.0 Å². The van der Waals surface area contributed by atoms with Gasteiger partial charge in [-0.3, -0.25) is 4.79 Å². The summed E-state index contributed by atoms with van der Waals surface area (Å²) in [5.41, 5.74) is -0.246. The third-order valence-corrected chi connectivity index (χ3v) is 4.06. The van der Waals surface area contributed by atoms with E-state index in [1.54, 1.807) is 0 Å². The van der Waals surface area contributed by atoms with E-state index in [0.29, 0.717) is 17.3 Å². The number of carbonyl (C=O) groups is 1. The average Bonchev–Trinajstić information content (AvgIpc) is 2.13. The van der Waals surface area contributed by atoms with Crippen molar-refractivity contribution in [1.82, 2.24) is 5.32 Å². The van der Waals surface area contributed by atoms with Gasteiger partial charge in [-0.1, -0.05) is 50.5 Å². The third kappa shape index (κ3) is 4.45. The van der Waals surface area contributed by atoms with Gasteiger partial charge >= 0.3 is 0 Å². The average molecular weight is 264 g/mol. The zero-order chi connectivity index (χ0) is 11.4. The summed E-state index contributed by atoms with van der Waals surface area (Å²) in [7, 11) is 0. The van der Waals surface area contributed by atoms with E-state index >= 15 is 0 Å². The molecule has 1 amide bonds. The summed E-state index contributed by atoms with van der Waals surface area (Å²) in [4.78, 5) is 12.1. The van der Waals surface area contributed by atoms with Gasteiger partial charge < -0.3 is 5.32 Å². The molecule has 1 unspecified atom stereocenters. The molecule has 1 N–H and O–H groups in total. The highest BCUT2D eigenvalue weighted by Crippen LogP contribution is 2.20. The van der Waals surface area contributed by atoms with Crippen molar-refractivity contribution < 1.29 is 4.79 Å². The van der Waals surface area contributed by atoms with Crippen molar-refractivity contribution in [3.8, 4) is 0 Å². The van der Waals surface area contributed by atoms with E-state index in [4.69, 9.17) is 0 Å². The molecule has 0 radical (unpaired) electrons. The van der Waals surface area contributed by atoms with Crippen molar-refractivity contribution in [3.05, 3.63) is 0 Å². The lowest BCUT2D eigenvalue weighted by Gasteiger charge is -2.23. The predicted octanol–water partition coefficient (Wildman–Crippen LogP) is 2.96. The number of rotatable bonds is 5. The monoisotopic (exact) mass is 263 g/mol. The normalized spacial score (nSPS) is 14.2. The van der Waals surface area contributed by atoms with E-state index in [-0.39, 0.29) is 11.3 Å². The maximum atomic E-state index is 11.7. The van der Waals surface area contributed by atoms with Crippen LogP contribution < -0.4 is 5.32 Å². The van der Waals surface area contributed by atoms with Crippen LogP contribution in [0.5, 0.6) is 0 Å². The standard InChI is InChI=1S/C11H22BrNO/c1-6-11(4,5)10(14)13-7-9(12)8(2)3/h8-9H,6-7H2,1-5H3,(H,13,14). The molecule has 0 rings (SSSR count). The van der Waals surface area contributed by atoms with E-state index in [2.05, 4.69) is 35.1 Å². The summed E-state index contributed by atoms with van der Waals surface area (Å²) in [6, 6.07) is 0. The van der Waals surface area contributed by atoms with Gasteiger partial charge in [-0.25, -0.2) is 0 Å². The van der Waals surface area contributed by atoms with E-state index in [9.17, 15) is 4.79 Å². The lowest BCUT2D eigenvalue weighted by atomic mass is 9.89. The molecule has 3 heteroatoms. The first kappa shape index (κ1) is 13.9. The second-order valence-corrected chi connectivity index (χ2v) is 5.88. The van der Waals surface area contributed by atoms with Gasteiger partial charge in [-0.05, 0) is 12.3 Å². The quantitative estimate of drug-likeness (QED) is 0.760. The van der Waals surface area contributed by atoms with Crippen molar-refractivity contribution in [2.24, 2.45) is 11.3 Å². The molecule has 2 nitrogen and oxygen atoms in total. The molecule has 0 aliphatic rings. The first-order valence-corrected chi connectivity index (χ1v) is 6.15. The fourth-order valence-corrected chi connectivity index (χ4v) is 0.988. The predicted molar refractivity (Wildman–Crippen MR) is 64.6 cm³/mol. The van der Waals surface area contributed by atoms with Gasteiger partial charge in [-0.2, -0.15) is 0 Å². The molecule has 0 aromatic rings. The first-order chi connectivity index (χ1) is 6.31. The molecule has 0 fully saturated rings. The maximum Gasteiger partial charge on any atom is 0.225 e. The van der Waals surface area contributed by atoms with Crippen LogP contribution in [0.25, 0.3) is 0 Å². The Bertz CT molecular complexity index is 190. The molecule has 0 aliphatic carbocycles. The van der Waals surface area contributed by atoms with Crippen LogP contribution in [0.15, 0.2) is 0 Å². The molecular formula is C11H22BrNO. The Morgan fingerprint density at radius 2 is 1.93 bits per heavy atom. The number of hydrogen-bond donors (Lipinski definition) is 1. The largest absolute Gasteiger partial charge is 0.355 e. The van der Waals surface area contributed by atoms with E-state index in [1.165, 1.54) is 0 Å². The molecule has 14 heavy (non-hydrogen) atoms. The molecule has 0 aromatic heterocycles. The van der Waals surface area contributed by atoms with E-state index in [0.717, 1.165) is 6.42 Å². The van der Waals surface area contributed by atoms with Gasteiger partial charge in [0.15, 0.2) is 0 Å². The van der Waals surface area contributed by atoms with Crippen LogP contribution in [0.2, 0.25) is 0 Å². The van der Waals surface area contributed by atoms with Crippen molar-refractivity contribution in [2.45, 2.75) is 45.9 Å². The zero-order valence-electron chi connectivity index (χ0n) is 9.86. The lowest BCUT2D eigenvalue weighted by molar-refractivity contribution is -0.129. The zero-order valence-corrected chi connectivity index (χ0v) is 11.4. The summed E-state index contributed by atoms with van der Waals surface area (Å²) >= 11 is 3.54. The Morgan fingerprint density at radius 1 is 1.43 bits per heavy atom. The molecule has 0 saturated carbocycles. The molecular weight excluding hydrogens is 242 g/mol. The Balaban J connectivity index is 3.97. The van der Waals surface area contributed by atoms with Gasteiger partial charge in [-0.15, -0.1) is 0 Å². The first-order valence-electron chi connectivity index (χ1n) is 5.23. The fourth-order valence-electron chi connectivity index (χ4n) is 0.826. The van der Waals surface area contributed by atoms with Crippen molar-refractivity contribution in [2.75, 3.05) is 6.54 Å². The Labute approximate surface area is 96.0 Å². The fraction of sp³-hybridized carbons (Fsp3) is 0.909. The van der Waals surface area contributed by atoms with Gasteiger partial charge in [0.25, 0.3) is 0 Å². The summed E-state index contributed by atoms with van der Waals surface area (Å²) < 4.78 is 0. The molecule has 0 aromatic carbocycles. The van der Waals surface area contributed by atoms with Crippen LogP contribution in [-0.4, -0.2) is 17.3 Å². The summed E-state index contributed by atoms with van der Waals surface area (Å²) in [5.74, 6) is 0.685. The minimum absolute atomic E-state index is 0.144. The van der Waals surface area contributed by atoms with Crippen molar-refractivity contribution in [3.63, 3.8) is 0 Å². The van der Waals surface area contributed by atoms with Crippen LogP contribution in [-0.2, 0) is 4.79 Å². The number of amides is 1. The Morgan fingerprint density at radius 3 is 2.29 bits per heavy atom. The second kappa shape index (κ2) is 5.74. The van der Waals surface area contributed by atoms with Crippen LogP contribution >= 0.6 is 15.9 Å². The molecule has 1 atom stereocenters. The highest BCUT2D eigenvalue weighted by Gasteiger charge is 2.25. The van der Waals surface area contributed by atoms with Crippen LogP contribution in [0.3, 0.4) is 0 Å². The minimum Gasteiger partial charge on any atom is -0.355 e. The van der Waals surface area contributed by atoms with E-state index < -0.39 is 0 Å². The number of nitrogens with one attached hydrogen (secondary N) is 1. The molecule has 0 heterocycles. The van der Waals surface area contributed by atoms with Crippen LogP contribution in [0.4, 0.5) is 0 Å². The molecule has 0 saturated heterocycles. The second-order valence-electron chi connectivity index (χ2n) is 4.71. The van der Waals surface area contributed by atoms with Gasteiger partial charge in [0.05, 0.1) is 0 Å². The number of halogens is 1. The highest BCUT2D eigenvalue weighted by molar-refractivity contribution is 9.09. The molecule has 0 spiro atoms. The minimum atomic E-state index is -0.246. The van der Waals surface area contributed by atoms with Crippen molar-refractivity contribution >= 4 is 21.8 Å². The van der Waals surface area contributed by atoms with Gasteiger partial charge in [0.1, 0.15) is 0 Å². The Kier molecular flexibility index (Phi) is 5.72. The van der Waals surface area contributed by atoms with E-state index in [1.807, 2.05) is 20.8 Å². The summed E-state index contributed by atoms with van der Waals surface area (Å²) in [6.45, 7) is 11.0. The smallest absolute Gasteiger partial charge is 0.225 e. The SMILES string of the molecule is CCC(C)(C)C(=O)NCC(Br)C(C)C. The third-order valence-electron chi connectivity index (χ3n) is 2.68. The number of hydrogen-bond acceptors (Lipinski definition) is 1. The number of carbonyl (C=O) groups excluding carboxylic acids is 1. The molecule has 84 valence electrons. The Hall–Kier alpha value is -0.0500. The maximum absolute atomic E-state index is 11.7.